The zero-order chi connectivity index (χ0) is 25.0. The number of ether oxygens (including phenoxy) is 1. The molecule has 0 bridgehead atoms. The summed E-state index contributed by atoms with van der Waals surface area (Å²) in [6.07, 6.45) is 1.09. The van der Waals surface area contributed by atoms with E-state index in [0.29, 0.717) is 12.1 Å². The number of halogens is 4. The molecule has 0 spiro atoms. The number of aromatic nitrogens is 2. The fourth-order valence-corrected chi connectivity index (χ4v) is 3.12. The molecule has 0 aliphatic carbocycles. The predicted molar refractivity (Wildman–Crippen MR) is 116 cm³/mol. The first kappa shape index (κ1) is 24.4. The minimum atomic E-state index is -1.30. The zero-order valence-electron chi connectivity index (χ0n) is 18.0. The van der Waals surface area contributed by atoms with Gasteiger partial charge in [0.2, 0.25) is 0 Å². The van der Waals surface area contributed by atoms with Crippen LogP contribution >= 0.6 is 0 Å². The van der Waals surface area contributed by atoms with Crippen LogP contribution in [0.3, 0.4) is 0 Å². The average Bonchev–Trinajstić information content (AvgIpc) is 2.80. The normalized spacial score (nSPS) is 10.5. The van der Waals surface area contributed by atoms with E-state index in [1.807, 2.05) is 13.8 Å². The van der Waals surface area contributed by atoms with Crippen LogP contribution in [0.2, 0.25) is 0 Å². The van der Waals surface area contributed by atoms with Crippen LogP contribution < -0.4 is 10.3 Å². The molecule has 1 aromatic heterocycles. The van der Waals surface area contributed by atoms with Crippen LogP contribution in [0.4, 0.5) is 17.6 Å². The van der Waals surface area contributed by atoms with Gasteiger partial charge in [-0.25, -0.2) is 22.4 Å². The lowest BCUT2D eigenvalue weighted by Crippen LogP contribution is -2.14. The number of carbonyl (C=O) groups is 1. The fourth-order valence-electron chi connectivity index (χ4n) is 3.12. The standard InChI is InChI=1S/C22H12F4N2O4.C2H6/c23-12-6-16(24)15(17(25)7-12)9-28-10-27-21(29)14-8-13(2-3-19(14)28)32-20-4-1-11(22(30)31)5-18(20)26;1-2/h1-8,10H,9H2,(H,30,31);1-2H3. The van der Waals surface area contributed by atoms with Crippen LogP contribution in [0.5, 0.6) is 11.5 Å². The summed E-state index contributed by atoms with van der Waals surface area (Å²) in [6.45, 7) is 3.63. The number of rotatable bonds is 5. The fraction of sp³-hybridized carbons (Fsp3) is 0.125. The van der Waals surface area contributed by atoms with Gasteiger partial charge in [0.05, 0.1) is 29.3 Å². The van der Waals surface area contributed by atoms with Gasteiger partial charge in [0.15, 0.2) is 11.6 Å². The molecule has 0 aliphatic rings. The Morgan fingerprint density at radius 2 is 1.65 bits per heavy atom. The summed E-state index contributed by atoms with van der Waals surface area (Å²) in [4.78, 5) is 26.8. The Hall–Kier alpha value is -4.21. The first-order valence-electron chi connectivity index (χ1n) is 10.1. The van der Waals surface area contributed by atoms with E-state index < -0.39 is 40.4 Å². The molecule has 1 heterocycles. The van der Waals surface area contributed by atoms with Crippen molar-refractivity contribution in [1.29, 1.82) is 0 Å². The molecule has 4 rings (SSSR count). The smallest absolute Gasteiger partial charge is 0.335 e. The van der Waals surface area contributed by atoms with Gasteiger partial charge in [0.1, 0.15) is 23.2 Å². The first-order valence-corrected chi connectivity index (χ1v) is 10.1. The van der Waals surface area contributed by atoms with E-state index in [9.17, 15) is 27.2 Å². The van der Waals surface area contributed by atoms with Crippen molar-refractivity contribution in [3.8, 4) is 11.5 Å². The van der Waals surface area contributed by atoms with Gasteiger partial charge in [-0.05, 0) is 36.4 Å². The lowest BCUT2D eigenvalue weighted by molar-refractivity contribution is 0.0696. The first-order chi connectivity index (χ1) is 16.2. The van der Waals surface area contributed by atoms with Gasteiger partial charge in [0, 0.05) is 17.7 Å². The highest BCUT2D eigenvalue weighted by atomic mass is 19.1. The lowest BCUT2D eigenvalue weighted by Gasteiger charge is -2.13. The molecule has 34 heavy (non-hydrogen) atoms. The summed E-state index contributed by atoms with van der Waals surface area (Å²) < 4.78 is 62.1. The van der Waals surface area contributed by atoms with Gasteiger partial charge in [-0.2, -0.15) is 4.98 Å². The SMILES string of the molecule is CC.O=C(O)c1ccc(Oc2ccc3c(c2)c(=O)ncn3Cc2c(F)cc(F)cc2F)c(F)c1. The summed E-state index contributed by atoms with van der Waals surface area (Å²) in [5.74, 6) is -5.68. The van der Waals surface area contributed by atoms with E-state index in [2.05, 4.69) is 4.98 Å². The average molecular weight is 474 g/mol. The number of fused-ring (bicyclic) bond motifs is 1. The highest BCUT2D eigenvalue weighted by Gasteiger charge is 2.15. The van der Waals surface area contributed by atoms with E-state index in [4.69, 9.17) is 9.84 Å². The molecule has 0 atom stereocenters. The Labute approximate surface area is 190 Å². The van der Waals surface area contributed by atoms with Crippen LogP contribution in [0, 0.1) is 23.3 Å². The second-order valence-corrected chi connectivity index (χ2v) is 6.76. The maximum Gasteiger partial charge on any atom is 0.335 e. The Kier molecular flexibility index (Phi) is 7.30. The topological polar surface area (TPSA) is 81.4 Å². The molecule has 6 nitrogen and oxygen atoms in total. The summed E-state index contributed by atoms with van der Waals surface area (Å²) in [5.41, 5.74) is -1.09. The molecule has 4 aromatic rings. The van der Waals surface area contributed by atoms with Crippen LogP contribution in [-0.2, 0) is 6.54 Å². The molecule has 10 heteroatoms. The summed E-state index contributed by atoms with van der Waals surface area (Å²) in [6, 6.07) is 8.24. The van der Waals surface area contributed by atoms with Crippen molar-refractivity contribution in [3.05, 3.63) is 99.6 Å². The molecule has 0 amide bonds. The minimum absolute atomic E-state index is 0.0236. The van der Waals surface area contributed by atoms with E-state index >= 15 is 0 Å². The third-order valence-electron chi connectivity index (χ3n) is 4.66. The van der Waals surface area contributed by atoms with Gasteiger partial charge in [-0.3, -0.25) is 4.79 Å². The molecule has 1 N–H and O–H groups in total. The largest absolute Gasteiger partial charge is 0.478 e. The molecular formula is C24H18F4N2O4. The third-order valence-corrected chi connectivity index (χ3v) is 4.66. The highest BCUT2D eigenvalue weighted by Crippen LogP contribution is 2.27. The molecule has 0 radical (unpaired) electrons. The van der Waals surface area contributed by atoms with E-state index in [1.54, 1.807) is 0 Å². The second-order valence-electron chi connectivity index (χ2n) is 6.76. The summed E-state index contributed by atoms with van der Waals surface area (Å²) >= 11 is 0. The van der Waals surface area contributed by atoms with Crippen molar-refractivity contribution >= 4 is 16.9 Å². The molecule has 0 saturated heterocycles. The minimum Gasteiger partial charge on any atom is -0.478 e. The van der Waals surface area contributed by atoms with Gasteiger partial charge in [-0.15, -0.1) is 0 Å². The highest BCUT2D eigenvalue weighted by molar-refractivity contribution is 5.87. The number of aromatic carboxylic acids is 1. The van der Waals surface area contributed by atoms with E-state index in [-0.39, 0.29) is 34.5 Å². The Balaban J connectivity index is 0.00000158. The van der Waals surface area contributed by atoms with Crippen LogP contribution in [-0.4, -0.2) is 20.6 Å². The molecular weight excluding hydrogens is 456 g/mol. The second kappa shape index (κ2) is 10.2. The number of carboxylic acid groups (broad SMARTS) is 1. The van der Waals surface area contributed by atoms with Gasteiger partial charge in [0.25, 0.3) is 5.56 Å². The Morgan fingerprint density at radius 3 is 2.26 bits per heavy atom. The van der Waals surface area contributed by atoms with E-state index in [0.717, 1.165) is 24.5 Å². The van der Waals surface area contributed by atoms with E-state index in [1.165, 1.54) is 22.8 Å². The van der Waals surface area contributed by atoms with Crippen molar-refractivity contribution in [2.24, 2.45) is 0 Å². The van der Waals surface area contributed by atoms with Crippen molar-refractivity contribution in [3.63, 3.8) is 0 Å². The molecule has 176 valence electrons. The number of carboxylic acids is 1. The van der Waals surface area contributed by atoms with Crippen molar-refractivity contribution < 1.29 is 32.2 Å². The number of hydrogen-bond donors (Lipinski definition) is 1. The summed E-state index contributed by atoms with van der Waals surface area (Å²) in [5, 5.41) is 8.92. The van der Waals surface area contributed by atoms with Crippen molar-refractivity contribution in [1.82, 2.24) is 9.55 Å². The van der Waals surface area contributed by atoms with Crippen molar-refractivity contribution in [2.75, 3.05) is 0 Å². The monoisotopic (exact) mass is 474 g/mol. The maximum atomic E-state index is 14.1. The van der Waals surface area contributed by atoms with Crippen LogP contribution in [0.25, 0.3) is 10.9 Å². The van der Waals surface area contributed by atoms with Gasteiger partial charge < -0.3 is 14.4 Å². The van der Waals surface area contributed by atoms with Crippen molar-refractivity contribution in [2.45, 2.75) is 20.4 Å². The van der Waals surface area contributed by atoms with Crippen LogP contribution in [0.15, 0.2) is 59.7 Å². The summed E-state index contributed by atoms with van der Waals surface area (Å²) in [7, 11) is 0. The predicted octanol–water partition coefficient (Wildman–Crippen LogP) is 5.52. The van der Waals surface area contributed by atoms with Crippen LogP contribution in [0.1, 0.15) is 29.8 Å². The molecule has 0 saturated carbocycles. The van der Waals surface area contributed by atoms with Gasteiger partial charge >= 0.3 is 5.97 Å². The third kappa shape index (κ3) is 5.06. The quantitative estimate of drug-likeness (QED) is 0.386. The molecule has 0 fully saturated rings. The molecule has 3 aromatic carbocycles. The number of nitrogens with zero attached hydrogens (tertiary/aromatic N) is 2. The maximum absolute atomic E-state index is 14.1. The lowest BCUT2D eigenvalue weighted by atomic mass is 10.1. The number of benzene rings is 3. The van der Waals surface area contributed by atoms with Gasteiger partial charge in [-0.1, -0.05) is 13.8 Å². The Bertz CT molecular complexity index is 1410. The Morgan fingerprint density at radius 1 is 0.971 bits per heavy atom. The molecule has 0 unspecified atom stereocenters. The molecule has 0 aliphatic heterocycles. The number of hydrogen-bond acceptors (Lipinski definition) is 4. The zero-order valence-corrected chi connectivity index (χ0v) is 18.0.